The second kappa shape index (κ2) is 7.37. The van der Waals surface area contributed by atoms with Crippen molar-refractivity contribution in [3.8, 4) is 6.07 Å². The van der Waals surface area contributed by atoms with Crippen LogP contribution < -0.4 is 0 Å². The van der Waals surface area contributed by atoms with E-state index in [4.69, 9.17) is 0 Å². The van der Waals surface area contributed by atoms with Crippen molar-refractivity contribution >= 4 is 33.0 Å². The molecule has 0 bridgehead atoms. The number of halogens is 1. The molecule has 0 amide bonds. The maximum absolute atomic E-state index is 12.2. The molecule has 1 atom stereocenters. The highest BCUT2D eigenvalue weighted by Gasteiger charge is 2.21. The molecule has 0 aliphatic rings. The van der Waals surface area contributed by atoms with Crippen LogP contribution in [0.25, 0.3) is 0 Å². The standard InChI is InChI=1S/C16H14BrNOS/c17-15-8-2-1-7-13(15)14(11-18)16(19)9-3-5-12-6-4-10-20-12/h1-2,4,6-8,10,14H,3,5,9H2. The molecule has 0 fully saturated rings. The van der Waals surface area contributed by atoms with Gasteiger partial charge in [0.15, 0.2) is 5.78 Å². The molecule has 1 heterocycles. The molecule has 1 aromatic heterocycles. The fraction of sp³-hybridized carbons (Fsp3) is 0.250. The molecule has 0 spiro atoms. The van der Waals surface area contributed by atoms with Gasteiger partial charge in [-0.05, 0) is 35.9 Å². The number of aryl methyl sites for hydroxylation is 1. The number of thiophene rings is 1. The molecule has 0 saturated carbocycles. The second-order valence-corrected chi connectivity index (χ2v) is 6.37. The van der Waals surface area contributed by atoms with Crippen molar-refractivity contribution in [2.45, 2.75) is 25.2 Å². The number of ketones is 1. The molecule has 4 heteroatoms. The molecule has 2 nitrogen and oxygen atoms in total. The first-order valence-electron chi connectivity index (χ1n) is 6.41. The van der Waals surface area contributed by atoms with Crippen molar-refractivity contribution < 1.29 is 4.79 Å². The maximum atomic E-state index is 12.2. The topological polar surface area (TPSA) is 40.9 Å². The third kappa shape index (κ3) is 3.78. The van der Waals surface area contributed by atoms with Gasteiger partial charge in [0.05, 0.1) is 6.07 Å². The van der Waals surface area contributed by atoms with E-state index in [1.165, 1.54) is 4.88 Å². The number of benzene rings is 1. The molecule has 0 aliphatic heterocycles. The Balaban J connectivity index is 1.96. The molecule has 0 N–H and O–H groups in total. The van der Waals surface area contributed by atoms with Gasteiger partial charge in [0.1, 0.15) is 5.92 Å². The quantitative estimate of drug-likeness (QED) is 0.759. The average Bonchev–Trinajstić information content (AvgIpc) is 2.95. The normalized spacial score (nSPS) is 11.8. The summed E-state index contributed by atoms with van der Waals surface area (Å²) in [5, 5.41) is 11.3. The zero-order valence-corrected chi connectivity index (χ0v) is 13.3. The van der Waals surface area contributed by atoms with Gasteiger partial charge in [-0.3, -0.25) is 4.79 Å². The third-order valence-corrected chi connectivity index (χ3v) is 4.75. The summed E-state index contributed by atoms with van der Waals surface area (Å²) in [5.41, 5.74) is 0.760. The molecular weight excluding hydrogens is 334 g/mol. The predicted molar refractivity (Wildman–Crippen MR) is 84.8 cm³/mol. The lowest BCUT2D eigenvalue weighted by Gasteiger charge is -2.10. The van der Waals surface area contributed by atoms with Gasteiger partial charge in [0, 0.05) is 15.8 Å². The molecule has 20 heavy (non-hydrogen) atoms. The molecule has 0 saturated heterocycles. The minimum Gasteiger partial charge on any atom is -0.298 e. The van der Waals surface area contributed by atoms with Gasteiger partial charge in [0.25, 0.3) is 0 Å². The van der Waals surface area contributed by atoms with Crippen molar-refractivity contribution in [1.82, 2.24) is 0 Å². The fourth-order valence-corrected chi connectivity index (χ4v) is 3.33. The van der Waals surface area contributed by atoms with E-state index >= 15 is 0 Å². The summed E-state index contributed by atoms with van der Waals surface area (Å²) in [6.07, 6.45) is 2.14. The van der Waals surface area contributed by atoms with Crippen molar-refractivity contribution in [3.63, 3.8) is 0 Å². The van der Waals surface area contributed by atoms with Crippen LogP contribution >= 0.6 is 27.3 Å². The number of nitrogens with zero attached hydrogens (tertiary/aromatic N) is 1. The van der Waals surface area contributed by atoms with E-state index in [-0.39, 0.29) is 5.78 Å². The largest absolute Gasteiger partial charge is 0.298 e. The van der Waals surface area contributed by atoms with E-state index in [2.05, 4.69) is 28.1 Å². The Hall–Kier alpha value is -1.44. The number of rotatable bonds is 6. The first kappa shape index (κ1) is 15.0. The first-order chi connectivity index (χ1) is 9.72. The first-order valence-corrected chi connectivity index (χ1v) is 8.09. The summed E-state index contributed by atoms with van der Waals surface area (Å²) in [4.78, 5) is 13.5. The van der Waals surface area contributed by atoms with Gasteiger partial charge < -0.3 is 0 Å². The minimum atomic E-state index is -0.672. The van der Waals surface area contributed by atoms with E-state index in [0.717, 1.165) is 22.9 Å². The zero-order chi connectivity index (χ0) is 14.4. The molecule has 102 valence electrons. The van der Waals surface area contributed by atoms with E-state index < -0.39 is 5.92 Å². The molecule has 2 aromatic rings. The molecule has 1 aromatic carbocycles. The van der Waals surface area contributed by atoms with E-state index in [0.29, 0.717) is 6.42 Å². The molecule has 2 rings (SSSR count). The van der Waals surface area contributed by atoms with Crippen LogP contribution in [0.5, 0.6) is 0 Å². The maximum Gasteiger partial charge on any atom is 0.154 e. The van der Waals surface area contributed by atoms with Crippen molar-refractivity contribution in [2.24, 2.45) is 0 Å². The van der Waals surface area contributed by atoms with Crippen LogP contribution in [-0.4, -0.2) is 5.78 Å². The summed E-state index contributed by atoms with van der Waals surface area (Å²) >= 11 is 5.11. The second-order valence-electron chi connectivity index (χ2n) is 4.48. The van der Waals surface area contributed by atoms with Gasteiger partial charge in [-0.25, -0.2) is 0 Å². The van der Waals surface area contributed by atoms with Crippen molar-refractivity contribution in [2.75, 3.05) is 0 Å². The molecule has 0 aliphatic carbocycles. The highest BCUT2D eigenvalue weighted by atomic mass is 79.9. The average molecular weight is 348 g/mol. The van der Waals surface area contributed by atoms with Crippen LogP contribution in [0.15, 0.2) is 46.3 Å². The third-order valence-electron chi connectivity index (χ3n) is 3.09. The minimum absolute atomic E-state index is 0.00374. The Kier molecular flexibility index (Phi) is 5.51. The lowest BCUT2D eigenvalue weighted by molar-refractivity contribution is -0.119. The van der Waals surface area contributed by atoms with E-state index in [1.54, 1.807) is 11.3 Å². The summed E-state index contributed by atoms with van der Waals surface area (Å²) < 4.78 is 0.818. The van der Waals surface area contributed by atoms with Gasteiger partial charge in [0.2, 0.25) is 0 Å². The van der Waals surface area contributed by atoms with Crippen LogP contribution in [0, 0.1) is 11.3 Å². The number of hydrogen-bond donors (Lipinski definition) is 0. The summed E-state index contributed by atoms with van der Waals surface area (Å²) in [6, 6.07) is 13.6. The van der Waals surface area contributed by atoms with E-state index in [1.807, 2.05) is 35.7 Å². The number of carbonyl (C=O) groups excluding carboxylic acids is 1. The number of carbonyl (C=O) groups is 1. The van der Waals surface area contributed by atoms with Crippen LogP contribution in [-0.2, 0) is 11.2 Å². The summed E-state index contributed by atoms with van der Waals surface area (Å²) in [7, 11) is 0. The highest BCUT2D eigenvalue weighted by molar-refractivity contribution is 9.10. The number of nitriles is 1. The molecule has 0 radical (unpaired) electrons. The van der Waals surface area contributed by atoms with Crippen molar-refractivity contribution in [1.29, 1.82) is 5.26 Å². The summed E-state index contributed by atoms with van der Waals surface area (Å²) in [6.45, 7) is 0. The number of hydrogen-bond acceptors (Lipinski definition) is 3. The van der Waals surface area contributed by atoms with Gasteiger partial charge >= 0.3 is 0 Å². The monoisotopic (exact) mass is 347 g/mol. The highest BCUT2D eigenvalue weighted by Crippen LogP contribution is 2.26. The van der Waals surface area contributed by atoms with Gasteiger partial charge in [-0.2, -0.15) is 5.26 Å². The Morgan fingerprint density at radius 3 is 2.75 bits per heavy atom. The van der Waals surface area contributed by atoms with Crippen LogP contribution in [0.2, 0.25) is 0 Å². The number of Topliss-reactive ketones (excluding diaryl/α,β-unsaturated/α-hetero) is 1. The SMILES string of the molecule is N#CC(C(=O)CCCc1cccs1)c1ccccc1Br. The lowest BCUT2D eigenvalue weighted by atomic mass is 9.93. The van der Waals surface area contributed by atoms with Crippen LogP contribution in [0.1, 0.15) is 29.2 Å². The Morgan fingerprint density at radius 1 is 1.30 bits per heavy atom. The van der Waals surface area contributed by atoms with E-state index in [9.17, 15) is 10.1 Å². The van der Waals surface area contributed by atoms with Crippen molar-refractivity contribution in [3.05, 3.63) is 56.7 Å². The molecule has 1 unspecified atom stereocenters. The van der Waals surface area contributed by atoms with Gasteiger partial charge in [-0.1, -0.05) is 40.2 Å². The lowest BCUT2D eigenvalue weighted by Crippen LogP contribution is -2.11. The predicted octanol–water partition coefficient (Wildman–Crippen LogP) is 4.71. The van der Waals surface area contributed by atoms with Gasteiger partial charge in [-0.15, -0.1) is 11.3 Å². The Bertz CT molecular complexity index is 616. The smallest absolute Gasteiger partial charge is 0.154 e. The van der Waals surface area contributed by atoms with Crippen LogP contribution in [0.3, 0.4) is 0 Å². The summed E-state index contributed by atoms with van der Waals surface area (Å²) in [5.74, 6) is -0.676. The molecular formula is C16H14BrNOS. The van der Waals surface area contributed by atoms with Crippen LogP contribution in [0.4, 0.5) is 0 Å². The fourth-order valence-electron chi connectivity index (χ4n) is 2.06. The zero-order valence-electron chi connectivity index (χ0n) is 10.9. The Morgan fingerprint density at radius 2 is 2.10 bits per heavy atom. The Labute approximate surface area is 131 Å².